The summed E-state index contributed by atoms with van der Waals surface area (Å²) in [4.78, 5) is 0. The fourth-order valence-corrected chi connectivity index (χ4v) is 13.0. The molecular weight excluding hydrogens is 558 g/mol. The molecule has 0 unspecified atom stereocenters. The van der Waals surface area contributed by atoms with Gasteiger partial charge in [-0.25, -0.2) is 0 Å². The summed E-state index contributed by atoms with van der Waals surface area (Å²) in [6.07, 6.45) is 9.24. The fourth-order valence-electron chi connectivity index (χ4n) is 5.36. The molecule has 0 atom stereocenters. The zero-order chi connectivity index (χ0) is 24.1. The smallest absolute Gasteiger partial charge is 1.00 e. The summed E-state index contributed by atoms with van der Waals surface area (Å²) in [5.41, 5.74) is 10.7. The summed E-state index contributed by atoms with van der Waals surface area (Å²) >= 11 is -2.32. The zero-order valence-electron chi connectivity index (χ0n) is 22.3. The molecule has 0 saturated heterocycles. The van der Waals surface area contributed by atoms with Gasteiger partial charge in [0.1, 0.15) is 0 Å². The Balaban J connectivity index is 0.00000180. The number of halogens is 2. The van der Waals surface area contributed by atoms with Crippen LogP contribution in [0.15, 0.2) is 82.2 Å². The van der Waals surface area contributed by atoms with Crippen LogP contribution in [-0.4, -0.2) is 3.71 Å². The number of allylic oxidation sites excluding steroid dienone is 4. The Bertz CT molecular complexity index is 1350. The van der Waals surface area contributed by atoms with Gasteiger partial charge in [-0.3, -0.25) is 0 Å². The Kier molecular flexibility index (Phi) is 8.93. The third-order valence-corrected chi connectivity index (χ3v) is 14.1. The second kappa shape index (κ2) is 11.1. The van der Waals surface area contributed by atoms with E-state index in [1.807, 2.05) is 0 Å². The van der Waals surface area contributed by atoms with E-state index in [2.05, 4.69) is 124 Å². The summed E-state index contributed by atoms with van der Waals surface area (Å²) < 4.78 is 6.10. The first-order valence-electron chi connectivity index (χ1n) is 12.6. The minimum Gasteiger partial charge on any atom is -1.00 e. The molecule has 3 heteroatoms. The van der Waals surface area contributed by atoms with Crippen molar-refractivity contribution < 1.29 is 46.1 Å². The van der Waals surface area contributed by atoms with Crippen molar-refractivity contribution in [2.45, 2.75) is 65.2 Å². The van der Waals surface area contributed by atoms with Crippen LogP contribution in [0.25, 0.3) is 11.1 Å². The molecule has 0 amide bonds. The van der Waals surface area contributed by atoms with Gasteiger partial charge in [0, 0.05) is 0 Å². The summed E-state index contributed by atoms with van der Waals surface area (Å²) in [7, 11) is 0. The largest absolute Gasteiger partial charge is 1.00 e. The van der Waals surface area contributed by atoms with E-state index >= 15 is 0 Å². The van der Waals surface area contributed by atoms with Gasteiger partial charge in [-0.2, -0.15) is 0 Å². The van der Waals surface area contributed by atoms with E-state index in [1.165, 1.54) is 27.8 Å². The molecule has 0 aliphatic heterocycles. The molecule has 0 N–H and O–H groups in total. The minimum absolute atomic E-state index is 0. The first-order valence-corrected chi connectivity index (χ1v) is 16.4. The van der Waals surface area contributed by atoms with Crippen molar-refractivity contribution in [1.29, 1.82) is 0 Å². The van der Waals surface area contributed by atoms with E-state index in [0.29, 0.717) is 0 Å². The van der Waals surface area contributed by atoms with Gasteiger partial charge in [0.2, 0.25) is 0 Å². The van der Waals surface area contributed by atoms with Crippen LogP contribution < -0.4 is 28.1 Å². The van der Waals surface area contributed by atoms with Crippen LogP contribution in [-0.2, 0) is 38.5 Å². The van der Waals surface area contributed by atoms with Crippen molar-refractivity contribution in [2.75, 3.05) is 0 Å². The first kappa shape index (κ1) is 29.0. The Hall–Kier alpha value is -1.53. The molecule has 0 nitrogen and oxygen atoms in total. The molecule has 186 valence electrons. The molecule has 0 saturated carbocycles. The van der Waals surface area contributed by atoms with Crippen LogP contribution in [0, 0.1) is 0 Å². The molecule has 5 rings (SSSR count). The Morgan fingerprint density at radius 1 is 0.778 bits per heavy atom. The summed E-state index contributed by atoms with van der Waals surface area (Å²) in [5.74, 6) is 0. The predicted octanol–water partition coefficient (Wildman–Crippen LogP) is 1.80. The van der Waals surface area contributed by atoms with Gasteiger partial charge in [-0.1, -0.05) is 0 Å². The van der Waals surface area contributed by atoms with Crippen molar-refractivity contribution in [3.8, 4) is 11.1 Å². The monoisotopic (exact) mass is 592 g/mol. The molecule has 0 fully saturated rings. The van der Waals surface area contributed by atoms with Crippen molar-refractivity contribution in [2.24, 2.45) is 0 Å². The topological polar surface area (TPSA) is 0 Å². The average Bonchev–Trinajstić information content (AvgIpc) is 3.44. The van der Waals surface area contributed by atoms with Gasteiger partial charge in [-0.05, 0) is 0 Å². The maximum Gasteiger partial charge on any atom is -1.00 e. The van der Waals surface area contributed by atoms with Crippen molar-refractivity contribution in [1.82, 2.24) is 0 Å². The van der Waals surface area contributed by atoms with Crippen molar-refractivity contribution >= 4 is 6.98 Å². The minimum atomic E-state index is -2.32. The van der Waals surface area contributed by atoms with Crippen LogP contribution in [0.2, 0.25) is 0 Å². The molecule has 0 radical (unpaired) electrons. The van der Waals surface area contributed by atoms with Gasteiger partial charge in [0.05, 0.1) is 0 Å². The normalized spacial score (nSPS) is 14.0. The van der Waals surface area contributed by atoms with E-state index in [1.54, 1.807) is 17.7 Å². The van der Waals surface area contributed by atoms with Crippen molar-refractivity contribution in [3.05, 3.63) is 110 Å². The predicted molar refractivity (Wildman–Crippen MR) is 145 cm³/mol. The molecule has 3 aromatic rings. The van der Waals surface area contributed by atoms with Gasteiger partial charge < -0.3 is 24.8 Å². The Morgan fingerprint density at radius 3 is 2.08 bits per heavy atom. The van der Waals surface area contributed by atoms with Crippen molar-refractivity contribution in [3.63, 3.8) is 0 Å². The molecule has 0 heterocycles. The number of benzene rings is 3. The van der Waals surface area contributed by atoms with Crippen LogP contribution >= 0.6 is 0 Å². The van der Waals surface area contributed by atoms with Gasteiger partial charge >= 0.3 is 215 Å². The molecule has 3 aromatic carbocycles. The SMILES string of the molecule is CC(C)(C)c1ccc2c(c1)Cc1c-2ccc(C(C)(C)C)[c]1/[Zr+2](=[CH]\c1ccccc1)[C]1=CC=CC1.[Cl-].[Cl-]. The molecule has 2 aliphatic carbocycles. The maximum absolute atomic E-state index is 2.69. The molecule has 0 spiro atoms. The van der Waals surface area contributed by atoms with E-state index in [9.17, 15) is 0 Å². The van der Waals surface area contributed by atoms with E-state index in [4.69, 9.17) is 0 Å². The fraction of sp³-hybridized carbons (Fsp3) is 0.303. The molecule has 0 aromatic heterocycles. The third kappa shape index (κ3) is 5.65. The van der Waals surface area contributed by atoms with E-state index < -0.39 is 21.3 Å². The van der Waals surface area contributed by atoms with E-state index in [-0.39, 0.29) is 35.6 Å². The van der Waals surface area contributed by atoms with E-state index in [0.717, 1.165) is 12.8 Å². The number of fused-ring (bicyclic) bond motifs is 3. The number of hydrogen-bond donors (Lipinski definition) is 0. The molecule has 2 aliphatic rings. The quantitative estimate of drug-likeness (QED) is 0.340. The van der Waals surface area contributed by atoms with Crippen LogP contribution in [0.3, 0.4) is 0 Å². The second-order valence-electron chi connectivity index (χ2n) is 11.9. The van der Waals surface area contributed by atoms with Crippen LogP contribution in [0.5, 0.6) is 0 Å². The summed E-state index contributed by atoms with van der Waals surface area (Å²) in [6.45, 7) is 14.1. The molecule has 0 bridgehead atoms. The number of rotatable bonds is 3. The summed E-state index contributed by atoms with van der Waals surface area (Å²) in [6, 6.07) is 23.2. The first-order chi connectivity index (χ1) is 16.1. The Morgan fingerprint density at radius 2 is 1.47 bits per heavy atom. The standard InChI is InChI=1S/C21H25.C7H6.C5H5.2ClH.Zr/c1-20(2,3)16-7-9-18-14(12-16)11-15-13-17(21(4,5)6)8-10-19(15)18;1-7-5-3-2-4-6-7;1-2-4-5-3-1;;;/h7-10,12H,11H2,1-6H3;1-6H;1-3H,4H2;2*1H;/q;;;;;+2/p-2. The number of hydrogen-bond acceptors (Lipinski definition) is 0. The third-order valence-electron chi connectivity index (χ3n) is 7.25. The summed E-state index contributed by atoms with van der Waals surface area (Å²) in [5, 5.41) is 0. The zero-order valence-corrected chi connectivity index (χ0v) is 26.2. The van der Waals surface area contributed by atoms with Crippen LogP contribution in [0.4, 0.5) is 0 Å². The Labute approximate surface area is 237 Å². The average molecular weight is 595 g/mol. The van der Waals surface area contributed by atoms with Gasteiger partial charge in [-0.15, -0.1) is 0 Å². The van der Waals surface area contributed by atoms with Gasteiger partial charge in [0.15, 0.2) is 0 Å². The molecular formula is C33H36Cl2Zr. The van der Waals surface area contributed by atoms with Gasteiger partial charge in [0.25, 0.3) is 0 Å². The second-order valence-corrected chi connectivity index (χ2v) is 17.4. The van der Waals surface area contributed by atoms with Crippen LogP contribution in [0.1, 0.15) is 75.8 Å². The molecule has 36 heavy (non-hydrogen) atoms. The maximum atomic E-state index is 2.69.